The minimum atomic E-state index is -0.870. The Morgan fingerprint density at radius 2 is 1.94 bits per heavy atom. The number of benzene rings is 1. The minimum absolute atomic E-state index is 0.146. The van der Waals surface area contributed by atoms with Crippen molar-refractivity contribution in [2.45, 2.75) is 19.1 Å². The molecule has 1 heterocycles. The quantitative estimate of drug-likeness (QED) is 0.587. The molecule has 2 atom stereocenters. The first-order valence-corrected chi connectivity index (χ1v) is 5.50. The molecule has 92 valence electrons. The Balaban J connectivity index is 2.20. The maximum Gasteiger partial charge on any atom is 0.256 e. The molecule has 1 aliphatic heterocycles. The van der Waals surface area contributed by atoms with Crippen molar-refractivity contribution in [2.24, 2.45) is 0 Å². The topological polar surface area (TPSA) is 86.8 Å². The van der Waals surface area contributed by atoms with Gasteiger partial charge in [-0.05, 0) is 24.6 Å². The average Bonchev–Trinajstić information content (AvgIpc) is 2.58. The summed E-state index contributed by atoms with van der Waals surface area (Å²) in [5.41, 5.74) is 7.61. The highest BCUT2D eigenvalue weighted by Crippen LogP contribution is 2.19. The van der Waals surface area contributed by atoms with Gasteiger partial charge in [0.1, 0.15) is 0 Å². The van der Waals surface area contributed by atoms with Crippen LogP contribution in [0.15, 0.2) is 18.2 Å². The number of carbonyl (C=O) groups is 1. The van der Waals surface area contributed by atoms with Gasteiger partial charge in [-0.1, -0.05) is 6.07 Å². The molecule has 0 radical (unpaired) electrons. The third-order valence-electron chi connectivity index (χ3n) is 2.98. The van der Waals surface area contributed by atoms with Crippen LogP contribution in [0.3, 0.4) is 0 Å². The monoisotopic (exact) mass is 236 g/mol. The highest BCUT2D eigenvalue weighted by atomic mass is 16.3. The average molecular weight is 236 g/mol. The largest absolute Gasteiger partial charge is 0.398 e. The number of nitrogens with two attached hydrogens (primary N) is 1. The van der Waals surface area contributed by atoms with Crippen molar-refractivity contribution in [3.05, 3.63) is 29.3 Å². The Morgan fingerprint density at radius 1 is 1.35 bits per heavy atom. The number of hydrogen-bond acceptors (Lipinski definition) is 4. The number of nitrogens with zero attached hydrogens (tertiary/aromatic N) is 1. The molecule has 0 bridgehead atoms. The molecule has 1 aromatic carbocycles. The number of likely N-dealkylation sites (tertiary alicyclic amines) is 1. The smallest absolute Gasteiger partial charge is 0.256 e. The first-order chi connectivity index (χ1) is 7.99. The van der Waals surface area contributed by atoms with Crippen LogP contribution in [0, 0.1) is 6.92 Å². The van der Waals surface area contributed by atoms with E-state index in [2.05, 4.69) is 0 Å². The van der Waals surface area contributed by atoms with Crippen molar-refractivity contribution >= 4 is 11.6 Å². The van der Waals surface area contributed by atoms with E-state index in [0.29, 0.717) is 11.3 Å². The highest BCUT2D eigenvalue weighted by Gasteiger charge is 2.33. The van der Waals surface area contributed by atoms with Crippen LogP contribution in [0.5, 0.6) is 0 Å². The van der Waals surface area contributed by atoms with Crippen molar-refractivity contribution in [3.8, 4) is 0 Å². The molecule has 0 aromatic heterocycles. The number of nitrogen functional groups attached to an aromatic ring is 1. The van der Waals surface area contributed by atoms with E-state index < -0.39 is 12.2 Å². The fraction of sp³-hybridized carbons (Fsp3) is 0.417. The van der Waals surface area contributed by atoms with Crippen LogP contribution in [0.25, 0.3) is 0 Å². The molecule has 5 nitrogen and oxygen atoms in total. The van der Waals surface area contributed by atoms with Crippen LogP contribution < -0.4 is 5.73 Å². The molecule has 4 N–H and O–H groups in total. The number of carbonyl (C=O) groups excluding carboxylic acids is 1. The summed E-state index contributed by atoms with van der Waals surface area (Å²) in [4.78, 5) is 13.5. The van der Waals surface area contributed by atoms with Crippen LogP contribution in [-0.2, 0) is 0 Å². The summed E-state index contributed by atoms with van der Waals surface area (Å²) < 4.78 is 0. The third-order valence-corrected chi connectivity index (χ3v) is 2.98. The lowest BCUT2D eigenvalue weighted by Gasteiger charge is -2.16. The number of aryl methyl sites for hydroxylation is 1. The summed E-state index contributed by atoms with van der Waals surface area (Å²) in [6.07, 6.45) is -1.74. The van der Waals surface area contributed by atoms with E-state index in [-0.39, 0.29) is 19.0 Å². The number of anilines is 1. The molecule has 1 aromatic rings. The molecular formula is C12H16N2O3. The zero-order chi connectivity index (χ0) is 12.6. The van der Waals surface area contributed by atoms with Gasteiger partial charge in [-0.15, -0.1) is 0 Å². The van der Waals surface area contributed by atoms with Crippen molar-refractivity contribution < 1.29 is 15.0 Å². The molecular weight excluding hydrogens is 220 g/mol. The predicted octanol–water partition coefficient (Wildman–Crippen LogP) is -0.245. The maximum atomic E-state index is 12.1. The highest BCUT2D eigenvalue weighted by molar-refractivity contribution is 5.99. The molecule has 1 amide bonds. The van der Waals surface area contributed by atoms with E-state index >= 15 is 0 Å². The van der Waals surface area contributed by atoms with Gasteiger partial charge in [-0.25, -0.2) is 0 Å². The summed E-state index contributed by atoms with van der Waals surface area (Å²) in [5, 5.41) is 18.8. The number of hydrogen-bond donors (Lipinski definition) is 3. The number of aliphatic hydroxyl groups excluding tert-OH is 2. The van der Waals surface area contributed by atoms with E-state index in [0.717, 1.165) is 5.56 Å². The van der Waals surface area contributed by atoms with Crippen molar-refractivity contribution in [2.75, 3.05) is 18.8 Å². The number of rotatable bonds is 1. The third kappa shape index (κ3) is 2.25. The molecule has 0 saturated carbocycles. The van der Waals surface area contributed by atoms with Gasteiger partial charge < -0.3 is 20.8 Å². The Hall–Kier alpha value is -1.59. The van der Waals surface area contributed by atoms with Gasteiger partial charge in [0.2, 0.25) is 0 Å². The standard InChI is InChI=1S/C12H16N2O3/c1-7-2-3-8(9(13)4-7)12(17)14-5-10(15)11(16)6-14/h2-4,10-11,15-16H,5-6,13H2,1H3. The molecule has 0 spiro atoms. The van der Waals surface area contributed by atoms with Crippen molar-refractivity contribution in [1.29, 1.82) is 0 Å². The maximum absolute atomic E-state index is 12.1. The van der Waals surface area contributed by atoms with Crippen LogP contribution in [0.1, 0.15) is 15.9 Å². The van der Waals surface area contributed by atoms with Crippen molar-refractivity contribution in [1.82, 2.24) is 4.90 Å². The van der Waals surface area contributed by atoms with Crippen LogP contribution in [0.2, 0.25) is 0 Å². The SMILES string of the molecule is Cc1ccc(C(=O)N2CC(O)C(O)C2)c(N)c1. The van der Waals surface area contributed by atoms with Crippen molar-refractivity contribution in [3.63, 3.8) is 0 Å². The number of aliphatic hydroxyl groups is 2. The Bertz CT molecular complexity index is 437. The summed E-state index contributed by atoms with van der Waals surface area (Å²) in [5.74, 6) is -0.252. The fourth-order valence-electron chi connectivity index (χ4n) is 1.98. The lowest BCUT2D eigenvalue weighted by molar-refractivity contribution is 0.0572. The predicted molar refractivity (Wildman–Crippen MR) is 63.5 cm³/mol. The number of β-amino-alcohol motifs (C(OH)–C–C–N with tert-alkyl or cyclic N) is 2. The summed E-state index contributed by atoms with van der Waals surface area (Å²) in [7, 11) is 0. The van der Waals surface area contributed by atoms with E-state index in [1.54, 1.807) is 12.1 Å². The van der Waals surface area contributed by atoms with Gasteiger partial charge >= 0.3 is 0 Å². The molecule has 0 aliphatic carbocycles. The van der Waals surface area contributed by atoms with E-state index in [9.17, 15) is 15.0 Å². The van der Waals surface area contributed by atoms with Gasteiger partial charge in [0.15, 0.2) is 0 Å². The second kappa shape index (κ2) is 4.35. The fourth-order valence-corrected chi connectivity index (χ4v) is 1.98. The van der Waals surface area contributed by atoms with Gasteiger partial charge in [0.05, 0.1) is 17.8 Å². The summed E-state index contributed by atoms with van der Waals surface area (Å²) >= 11 is 0. The first-order valence-electron chi connectivity index (χ1n) is 5.50. The molecule has 1 saturated heterocycles. The first kappa shape index (κ1) is 11.9. The van der Waals surface area contributed by atoms with Gasteiger partial charge in [0, 0.05) is 18.8 Å². The zero-order valence-electron chi connectivity index (χ0n) is 9.63. The lowest BCUT2D eigenvalue weighted by Crippen LogP contribution is -2.30. The molecule has 2 unspecified atom stereocenters. The lowest BCUT2D eigenvalue weighted by atomic mass is 10.1. The summed E-state index contributed by atoms with van der Waals surface area (Å²) in [6, 6.07) is 5.22. The Morgan fingerprint density at radius 3 is 2.47 bits per heavy atom. The molecule has 17 heavy (non-hydrogen) atoms. The van der Waals surface area contributed by atoms with E-state index in [1.165, 1.54) is 4.90 Å². The molecule has 5 heteroatoms. The molecule has 2 rings (SSSR count). The van der Waals surface area contributed by atoms with E-state index in [1.807, 2.05) is 13.0 Å². The van der Waals surface area contributed by atoms with Gasteiger partial charge in [-0.2, -0.15) is 0 Å². The normalized spacial score (nSPS) is 24.1. The Kier molecular flexibility index (Phi) is 3.04. The van der Waals surface area contributed by atoms with Crippen LogP contribution in [0.4, 0.5) is 5.69 Å². The Labute approximate surface area is 99.5 Å². The number of amides is 1. The second-order valence-electron chi connectivity index (χ2n) is 4.44. The van der Waals surface area contributed by atoms with Crippen LogP contribution >= 0.6 is 0 Å². The molecule has 1 aliphatic rings. The van der Waals surface area contributed by atoms with E-state index in [4.69, 9.17) is 5.73 Å². The van der Waals surface area contributed by atoms with Gasteiger partial charge in [-0.3, -0.25) is 4.79 Å². The second-order valence-corrected chi connectivity index (χ2v) is 4.44. The minimum Gasteiger partial charge on any atom is -0.398 e. The van der Waals surface area contributed by atoms with Crippen LogP contribution in [-0.4, -0.2) is 46.3 Å². The summed E-state index contributed by atoms with van der Waals surface area (Å²) in [6.45, 7) is 2.19. The molecule has 1 fully saturated rings. The zero-order valence-corrected chi connectivity index (χ0v) is 9.63. The van der Waals surface area contributed by atoms with Gasteiger partial charge in [0.25, 0.3) is 5.91 Å².